The number of hydrogen-bond donors (Lipinski definition) is 1. The van der Waals surface area contributed by atoms with E-state index in [2.05, 4.69) is 10.2 Å². The van der Waals surface area contributed by atoms with Crippen molar-refractivity contribution in [2.24, 2.45) is 5.92 Å². The zero-order valence-corrected chi connectivity index (χ0v) is 14.1. The van der Waals surface area contributed by atoms with Crippen molar-refractivity contribution in [1.29, 1.82) is 5.26 Å². The van der Waals surface area contributed by atoms with Crippen molar-refractivity contribution in [3.63, 3.8) is 0 Å². The molecule has 5 nitrogen and oxygen atoms in total. The molecule has 0 spiro atoms. The van der Waals surface area contributed by atoms with Gasteiger partial charge in [0.15, 0.2) is 0 Å². The van der Waals surface area contributed by atoms with Crippen LogP contribution in [0.4, 0.5) is 4.39 Å². The molecular formula is C19H22FN3O2. The number of likely N-dealkylation sites (tertiary alicyclic amines) is 1. The average Bonchev–Trinajstić information content (AvgIpc) is 3.16. The minimum absolute atomic E-state index is 0.0593. The van der Waals surface area contributed by atoms with E-state index in [1.165, 1.54) is 12.5 Å². The Hall–Kier alpha value is -1.97. The van der Waals surface area contributed by atoms with Gasteiger partial charge in [-0.15, -0.1) is 0 Å². The number of nitrogens with one attached hydrogen (secondary N) is 1. The van der Waals surface area contributed by atoms with Crippen molar-refractivity contribution in [2.75, 3.05) is 13.2 Å². The summed E-state index contributed by atoms with van der Waals surface area (Å²) in [7, 11) is 0. The van der Waals surface area contributed by atoms with Crippen molar-refractivity contribution in [3.8, 4) is 6.07 Å². The van der Waals surface area contributed by atoms with Gasteiger partial charge in [-0.3, -0.25) is 9.69 Å². The Morgan fingerprint density at radius 3 is 2.96 bits per heavy atom. The first-order valence-electron chi connectivity index (χ1n) is 9.00. The van der Waals surface area contributed by atoms with Crippen LogP contribution in [0, 0.1) is 23.1 Å². The Labute approximate surface area is 146 Å². The number of amides is 1. The molecule has 0 radical (unpaired) electrons. The highest BCUT2D eigenvalue weighted by Crippen LogP contribution is 2.35. The van der Waals surface area contributed by atoms with Gasteiger partial charge in [-0.25, -0.2) is 4.39 Å². The van der Waals surface area contributed by atoms with E-state index in [1.54, 1.807) is 12.1 Å². The molecule has 1 aliphatic carbocycles. The summed E-state index contributed by atoms with van der Waals surface area (Å²) in [5.74, 6) is -0.544. The molecule has 6 heteroatoms. The molecule has 1 aromatic carbocycles. The van der Waals surface area contributed by atoms with Crippen LogP contribution in [0.25, 0.3) is 0 Å². The number of nitriles is 1. The summed E-state index contributed by atoms with van der Waals surface area (Å²) >= 11 is 0. The van der Waals surface area contributed by atoms with Gasteiger partial charge < -0.3 is 10.1 Å². The topological polar surface area (TPSA) is 65.4 Å². The molecule has 2 heterocycles. The first kappa shape index (κ1) is 16.5. The summed E-state index contributed by atoms with van der Waals surface area (Å²) in [4.78, 5) is 14.9. The fraction of sp³-hybridized carbons (Fsp3) is 0.579. The predicted octanol–water partition coefficient (Wildman–Crippen LogP) is 1.96. The smallest absolute Gasteiger partial charge is 0.227 e. The van der Waals surface area contributed by atoms with E-state index in [1.807, 2.05) is 6.07 Å². The molecule has 3 fully saturated rings. The van der Waals surface area contributed by atoms with E-state index >= 15 is 0 Å². The average molecular weight is 343 g/mol. The third kappa shape index (κ3) is 3.14. The van der Waals surface area contributed by atoms with Gasteiger partial charge in [0, 0.05) is 31.8 Å². The number of carbonyl (C=O) groups excluding carboxylic acids is 1. The molecule has 25 heavy (non-hydrogen) atoms. The summed E-state index contributed by atoms with van der Waals surface area (Å²) in [6, 6.07) is 7.08. The number of benzene rings is 1. The minimum atomic E-state index is -0.493. The van der Waals surface area contributed by atoms with Crippen molar-refractivity contribution in [3.05, 3.63) is 35.1 Å². The van der Waals surface area contributed by atoms with Crippen LogP contribution in [-0.2, 0) is 16.1 Å². The van der Waals surface area contributed by atoms with Crippen molar-refractivity contribution in [1.82, 2.24) is 10.2 Å². The molecule has 1 amide bonds. The minimum Gasteiger partial charge on any atom is -0.376 e. The molecule has 1 aromatic rings. The van der Waals surface area contributed by atoms with Crippen LogP contribution >= 0.6 is 0 Å². The molecule has 132 valence electrons. The number of hydrogen-bond acceptors (Lipinski definition) is 4. The number of carbonyl (C=O) groups is 1. The lowest BCUT2D eigenvalue weighted by molar-refractivity contribution is -0.128. The number of fused-ring (bicyclic) bond motifs is 1. The quantitative estimate of drug-likeness (QED) is 0.908. The third-order valence-corrected chi connectivity index (χ3v) is 5.73. The summed E-state index contributed by atoms with van der Waals surface area (Å²) in [6.45, 7) is 1.92. The number of nitrogens with zero attached hydrogens (tertiary/aromatic N) is 2. The summed E-state index contributed by atoms with van der Waals surface area (Å²) in [5.41, 5.74) is 0.957. The van der Waals surface area contributed by atoms with Gasteiger partial charge in [-0.2, -0.15) is 5.26 Å². The van der Waals surface area contributed by atoms with Crippen LogP contribution in [-0.4, -0.2) is 42.1 Å². The second kappa shape index (κ2) is 6.74. The van der Waals surface area contributed by atoms with Crippen LogP contribution in [0.5, 0.6) is 0 Å². The maximum Gasteiger partial charge on any atom is 0.227 e. The third-order valence-electron chi connectivity index (χ3n) is 5.73. The summed E-state index contributed by atoms with van der Waals surface area (Å²) in [6.07, 6.45) is 4.18. The fourth-order valence-electron chi connectivity index (χ4n) is 4.13. The van der Waals surface area contributed by atoms with E-state index in [4.69, 9.17) is 10.00 Å². The first-order chi connectivity index (χ1) is 12.2. The second-order valence-corrected chi connectivity index (χ2v) is 7.29. The van der Waals surface area contributed by atoms with Gasteiger partial charge in [0.25, 0.3) is 0 Å². The molecule has 0 aromatic heterocycles. The lowest BCUT2D eigenvalue weighted by Crippen LogP contribution is -2.45. The molecule has 2 saturated heterocycles. The van der Waals surface area contributed by atoms with Gasteiger partial charge >= 0.3 is 0 Å². The molecule has 3 aliphatic rings. The summed E-state index contributed by atoms with van der Waals surface area (Å²) < 4.78 is 19.4. The van der Waals surface area contributed by atoms with Crippen molar-refractivity contribution in [2.45, 2.75) is 50.4 Å². The van der Waals surface area contributed by atoms with Gasteiger partial charge in [-0.1, -0.05) is 6.07 Å². The van der Waals surface area contributed by atoms with Gasteiger partial charge in [0.1, 0.15) is 11.9 Å². The lowest BCUT2D eigenvalue weighted by atomic mass is 9.92. The zero-order chi connectivity index (χ0) is 17.4. The molecule has 0 unspecified atom stereocenters. The fourth-order valence-corrected chi connectivity index (χ4v) is 4.13. The maximum absolute atomic E-state index is 13.5. The Bertz CT molecular complexity index is 713. The van der Waals surface area contributed by atoms with Crippen LogP contribution in [0.2, 0.25) is 0 Å². The van der Waals surface area contributed by atoms with Gasteiger partial charge in [0.05, 0.1) is 17.6 Å². The summed E-state index contributed by atoms with van der Waals surface area (Å²) in [5, 5.41) is 12.1. The zero-order valence-electron chi connectivity index (χ0n) is 14.1. The molecule has 1 N–H and O–H groups in total. The van der Waals surface area contributed by atoms with Gasteiger partial charge in [0.2, 0.25) is 5.91 Å². The van der Waals surface area contributed by atoms with Crippen LogP contribution < -0.4 is 5.32 Å². The van der Waals surface area contributed by atoms with E-state index in [0.717, 1.165) is 24.8 Å². The largest absolute Gasteiger partial charge is 0.376 e. The van der Waals surface area contributed by atoms with E-state index in [9.17, 15) is 9.18 Å². The van der Waals surface area contributed by atoms with Gasteiger partial charge in [-0.05, 0) is 43.4 Å². The van der Waals surface area contributed by atoms with E-state index in [0.29, 0.717) is 25.7 Å². The molecule has 2 aliphatic heterocycles. The molecule has 1 saturated carbocycles. The number of ether oxygens (including phenoxy) is 1. The first-order valence-corrected chi connectivity index (χ1v) is 9.00. The molecule has 3 atom stereocenters. The Morgan fingerprint density at radius 1 is 1.40 bits per heavy atom. The Kier molecular flexibility index (Phi) is 4.45. The standard InChI is InChI=1S/C19H22FN3O2/c20-16-5-4-12(8-13(16)9-21)10-23-11-15(18-17(23)6-7-25-18)19(24)22-14-2-1-3-14/h4-5,8,14-15,17-18H,1-3,6-7,10-11H2,(H,22,24)/t15-,17+,18+/m0/s1. The number of rotatable bonds is 4. The Morgan fingerprint density at radius 2 is 2.24 bits per heavy atom. The molecule has 0 bridgehead atoms. The van der Waals surface area contributed by atoms with Crippen LogP contribution in [0.15, 0.2) is 18.2 Å². The van der Waals surface area contributed by atoms with Crippen LogP contribution in [0.1, 0.15) is 36.8 Å². The monoisotopic (exact) mass is 343 g/mol. The highest BCUT2D eigenvalue weighted by molar-refractivity contribution is 5.80. The van der Waals surface area contributed by atoms with Crippen LogP contribution in [0.3, 0.4) is 0 Å². The maximum atomic E-state index is 13.5. The second-order valence-electron chi connectivity index (χ2n) is 7.29. The highest BCUT2D eigenvalue weighted by atomic mass is 19.1. The number of halogens is 1. The highest BCUT2D eigenvalue weighted by Gasteiger charge is 2.48. The Balaban J connectivity index is 1.47. The SMILES string of the molecule is N#Cc1cc(CN2C[C@H](C(=O)NC3CCC3)[C@H]3OCC[C@H]32)ccc1F. The predicted molar refractivity (Wildman–Crippen MR) is 88.9 cm³/mol. The van der Waals surface area contributed by atoms with Crippen molar-refractivity contribution >= 4 is 5.91 Å². The normalized spacial score (nSPS) is 29.0. The lowest BCUT2D eigenvalue weighted by Gasteiger charge is -2.28. The van der Waals surface area contributed by atoms with E-state index in [-0.39, 0.29) is 29.5 Å². The van der Waals surface area contributed by atoms with Crippen molar-refractivity contribution < 1.29 is 13.9 Å². The molecule has 4 rings (SSSR count). The molecular weight excluding hydrogens is 321 g/mol. The van der Waals surface area contributed by atoms with E-state index < -0.39 is 5.82 Å².